The van der Waals surface area contributed by atoms with Gasteiger partial charge in [-0.25, -0.2) is 0 Å². The summed E-state index contributed by atoms with van der Waals surface area (Å²) in [5.74, 6) is 2.99. The lowest BCUT2D eigenvalue weighted by Crippen LogP contribution is -2.33. The highest BCUT2D eigenvalue weighted by Gasteiger charge is 2.33. The van der Waals surface area contributed by atoms with E-state index in [9.17, 15) is 5.11 Å². The highest BCUT2D eigenvalue weighted by molar-refractivity contribution is 4.82. The molecule has 0 unspecified atom stereocenters. The van der Waals surface area contributed by atoms with Gasteiger partial charge in [0.05, 0.1) is 0 Å². The minimum absolute atomic E-state index is 0.0195. The van der Waals surface area contributed by atoms with Crippen molar-refractivity contribution >= 4 is 0 Å². The number of hydrogen-bond donors (Lipinski definition) is 1. The Labute approximate surface area is 130 Å². The quantitative estimate of drug-likeness (QED) is 0.722. The van der Waals surface area contributed by atoms with Gasteiger partial charge in [-0.05, 0) is 83.0 Å². The lowest BCUT2D eigenvalue weighted by atomic mass is 9.69. The lowest BCUT2D eigenvalue weighted by molar-refractivity contribution is -0.175. The zero-order valence-electron chi connectivity index (χ0n) is 13.9. The zero-order chi connectivity index (χ0) is 15.1. The summed E-state index contributed by atoms with van der Waals surface area (Å²) >= 11 is 0. The van der Waals surface area contributed by atoms with Crippen LogP contribution in [0.4, 0.5) is 0 Å². The number of aliphatic hydroxyl groups is 1. The molecule has 0 aliphatic heterocycles. The number of aliphatic hydroxyl groups excluding tert-OH is 1. The minimum Gasteiger partial charge on any atom is -0.396 e. The summed E-state index contributed by atoms with van der Waals surface area (Å²) in [6, 6.07) is 0. The summed E-state index contributed by atoms with van der Waals surface area (Å²) < 4.78 is 11.6. The zero-order valence-corrected chi connectivity index (χ0v) is 13.9. The molecule has 3 heteroatoms. The summed E-state index contributed by atoms with van der Waals surface area (Å²) in [5.41, 5.74) is 0. The Morgan fingerprint density at radius 1 is 0.810 bits per heavy atom. The lowest BCUT2D eigenvalue weighted by Gasteiger charge is -2.39. The molecule has 0 bridgehead atoms. The van der Waals surface area contributed by atoms with E-state index in [2.05, 4.69) is 13.8 Å². The largest absolute Gasteiger partial charge is 0.396 e. The fourth-order valence-corrected chi connectivity index (χ4v) is 4.38. The van der Waals surface area contributed by atoms with Gasteiger partial charge in [-0.3, -0.25) is 0 Å². The number of ether oxygens (including phenoxy) is 2. The van der Waals surface area contributed by atoms with Gasteiger partial charge in [-0.1, -0.05) is 0 Å². The van der Waals surface area contributed by atoms with Crippen molar-refractivity contribution in [1.29, 1.82) is 0 Å². The van der Waals surface area contributed by atoms with Gasteiger partial charge in [-0.15, -0.1) is 0 Å². The molecule has 124 valence electrons. The fourth-order valence-electron chi connectivity index (χ4n) is 4.38. The van der Waals surface area contributed by atoms with Crippen molar-refractivity contribution in [3.8, 4) is 0 Å². The Morgan fingerprint density at radius 2 is 1.29 bits per heavy atom. The van der Waals surface area contributed by atoms with Gasteiger partial charge >= 0.3 is 0 Å². The molecule has 0 heterocycles. The summed E-state index contributed by atoms with van der Waals surface area (Å²) in [6.45, 7) is 5.99. The first-order chi connectivity index (χ1) is 10.3. The van der Waals surface area contributed by atoms with Crippen molar-refractivity contribution in [2.75, 3.05) is 19.8 Å². The third kappa shape index (κ3) is 4.94. The van der Waals surface area contributed by atoms with Crippen molar-refractivity contribution in [3.63, 3.8) is 0 Å². The van der Waals surface area contributed by atoms with Crippen LogP contribution in [0.2, 0.25) is 0 Å². The van der Waals surface area contributed by atoms with E-state index in [1.165, 1.54) is 51.4 Å². The minimum atomic E-state index is 0.0195. The molecule has 2 aliphatic carbocycles. The maximum Gasteiger partial charge on any atom is 0.160 e. The van der Waals surface area contributed by atoms with Crippen LogP contribution in [-0.4, -0.2) is 31.2 Å². The summed E-state index contributed by atoms with van der Waals surface area (Å²) in [6.07, 6.45) is 10.4. The van der Waals surface area contributed by atoms with Crippen molar-refractivity contribution in [3.05, 3.63) is 0 Å². The molecule has 0 atom stereocenters. The predicted octanol–water partition coefficient (Wildman–Crippen LogP) is 3.99. The Hall–Kier alpha value is -0.120. The van der Waals surface area contributed by atoms with Crippen LogP contribution in [0.5, 0.6) is 0 Å². The second-order valence-corrected chi connectivity index (χ2v) is 6.92. The molecule has 0 aromatic heterocycles. The third-order valence-electron chi connectivity index (χ3n) is 5.68. The standard InChI is InChI=1S/C18H34O3/c1-3-20-18(21-4-2)17-11-9-16(10-12-17)15-7-5-14(13-19)6-8-15/h14-19H,3-13H2,1-2H3. The predicted molar refractivity (Wildman–Crippen MR) is 85.0 cm³/mol. The smallest absolute Gasteiger partial charge is 0.160 e. The van der Waals surface area contributed by atoms with Gasteiger partial charge in [0.1, 0.15) is 0 Å². The summed E-state index contributed by atoms with van der Waals surface area (Å²) in [5, 5.41) is 9.26. The van der Waals surface area contributed by atoms with E-state index in [4.69, 9.17) is 9.47 Å². The molecular weight excluding hydrogens is 264 g/mol. The van der Waals surface area contributed by atoms with E-state index in [0.717, 1.165) is 25.0 Å². The maximum atomic E-state index is 9.26. The van der Waals surface area contributed by atoms with Crippen LogP contribution < -0.4 is 0 Å². The fraction of sp³-hybridized carbons (Fsp3) is 1.00. The molecule has 21 heavy (non-hydrogen) atoms. The van der Waals surface area contributed by atoms with Crippen molar-refractivity contribution in [2.45, 2.75) is 71.5 Å². The molecule has 1 N–H and O–H groups in total. The van der Waals surface area contributed by atoms with E-state index in [-0.39, 0.29) is 6.29 Å². The first-order valence-electron chi connectivity index (χ1n) is 9.12. The Balaban J connectivity index is 1.74. The van der Waals surface area contributed by atoms with Crippen molar-refractivity contribution in [1.82, 2.24) is 0 Å². The van der Waals surface area contributed by atoms with Crippen molar-refractivity contribution in [2.24, 2.45) is 23.7 Å². The van der Waals surface area contributed by atoms with Gasteiger partial charge in [0.15, 0.2) is 6.29 Å². The van der Waals surface area contributed by atoms with E-state index in [1.54, 1.807) is 0 Å². The van der Waals surface area contributed by atoms with E-state index in [0.29, 0.717) is 18.4 Å². The highest BCUT2D eigenvalue weighted by Crippen LogP contribution is 2.42. The molecule has 3 nitrogen and oxygen atoms in total. The topological polar surface area (TPSA) is 38.7 Å². The second kappa shape index (κ2) is 9.12. The van der Waals surface area contributed by atoms with Gasteiger partial charge in [-0.2, -0.15) is 0 Å². The van der Waals surface area contributed by atoms with E-state index in [1.807, 2.05) is 0 Å². The normalized spacial score (nSPS) is 34.3. The first kappa shape index (κ1) is 17.2. The SMILES string of the molecule is CCOC(OCC)C1CCC(C2CCC(CO)CC2)CC1. The van der Waals surface area contributed by atoms with Crippen LogP contribution in [0.15, 0.2) is 0 Å². The van der Waals surface area contributed by atoms with Gasteiger partial charge < -0.3 is 14.6 Å². The van der Waals surface area contributed by atoms with Gasteiger partial charge in [0, 0.05) is 25.7 Å². The second-order valence-electron chi connectivity index (χ2n) is 6.92. The monoisotopic (exact) mass is 298 g/mol. The van der Waals surface area contributed by atoms with E-state index >= 15 is 0 Å². The average molecular weight is 298 g/mol. The number of rotatable bonds is 7. The highest BCUT2D eigenvalue weighted by atomic mass is 16.7. The van der Waals surface area contributed by atoms with Gasteiger partial charge in [0.25, 0.3) is 0 Å². The molecule has 2 aliphatic rings. The Kier molecular flexibility index (Phi) is 7.48. The van der Waals surface area contributed by atoms with Crippen LogP contribution in [-0.2, 0) is 9.47 Å². The molecule has 2 fully saturated rings. The molecule has 0 saturated heterocycles. The molecule has 2 rings (SSSR count). The molecule has 0 radical (unpaired) electrons. The average Bonchev–Trinajstić information content (AvgIpc) is 2.55. The molecule has 0 amide bonds. The first-order valence-corrected chi connectivity index (χ1v) is 9.12. The van der Waals surface area contributed by atoms with Crippen LogP contribution >= 0.6 is 0 Å². The van der Waals surface area contributed by atoms with Crippen molar-refractivity contribution < 1.29 is 14.6 Å². The molecule has 0 aromatic carbocycles. The Bertz CT molecular complexity index is 260. The molecule has 2 saturated carbocycles. The maximum absolute atomic E-state index is 9.26. The van der Waals surface area contributed by atoms with Crippen LogP contribution in [0, 0.1) is 23.7 Å². The molecular formula is C18H34O3. The summed E-state index contributed by atoms with van der Waals surface area (Å²) in [7, 11) is 0. The number of hydrogen-bond acceptors (Lipinski definition) is 3. The van der Waals surface area contributed by atoms with Crippen LogP contribution in [0.25, 0.3) is 0 Å². The third-order valence-corrected chi connectivity index (χ3v) is 5.68. The summed E-state index contributed by atoms with van der Waals surface area (Å²) in [4.78, 5) is 0. The van der Waals surface area contributed by atoms with Gasteiger partial charge in [0.2, 0.25) is 0 Å². The molecule has 0 aromatic rings. The Morgan fingerprint density at radius 3 is 1.71 bits per heavy atom. The molecule has 0 spiro atoms. The van der Waals surface area contributed by atoms with Crippen LogP contribution in [0.1, 0.15) is 65.2 Å². The van der Waals surface area contributed by atoms with E-state index < -0.39 is 0 Å². The van der Waals surface area contributed by atoms with Crippen LogP contribution in [0.3, 0.4) is 0 Å².